The van der Waals surface area contributed by atoms with E-state index < -0.39 is 78.0 Å². The number of hydrogen-bond donors (Lipinski definition) is 4. The summed E-state index contributed by atoms with van der Waals surface area (Å²) in [5.41, 5.74) is -2.64. The fraction of sp³-hybridized carbons (Fsp3) is 0.515. The SMILES string of the molecule is CC1(C)OB(c2ccc(C(=O)NCC[C@@H](NC(=O)c3ccc(B4OC(C)(C)C(C)(C)O4)c(F)c3)C(=O)NCCC(=O)O)cc2F)OC1(C)C. The van der Waals surface area contributed by atoms with Gasteiger partial charge in [0.05, 0.1) is 28.8 Å². The molecule has 2 aliphatic heterocycles. The number of carboxylic acids is 1. The molecule has 1 atom stereocenters. The molecule has 264 valence electrons. The Balaban J connectivity index is 1.41. The number of carbonyl (C=O) groups excluding carboxylic acids is 3. The van der Waals surface area contributed by atoms with E-state index in [1.165, 1.54) is 24.3 Å². The maximum absolute atomic E-state index is 15.2. The molecule has 0 aromatic heterocycles. The largest absolute Gasteiger partial charge is 0.497 e. The molecule has 2 aromatic rings. The second kappa shape index (κ2) is 14.2. The van der Waals surface area contributed by atoms with E-state index in [1.807, 2.05) is 55.4 Å². The molecule has 0 radical (unpaired) electrons. The molecule has 4 N–H and O–H groups in total. The predicted molar refractivity (Wildman–Crippen MR) is 178 cm³/mol. The summed E-state index contributed by atoms with van der Waals surface area (Å²) in [6.45, 7) is 14.3. The van der Waals surface area contributed by atoms with Gasteiger partial charge >= 0.3 is 20.2 Å². The lowest BCUT2D eigenvalue weighted by atomic mass is 9.78. The first-order valence-electron chi connectivity index (χ1n) is 16.0. The van der Waals surface area contributed by atoms with Gasteiger partial charge in [0.1, 0.15) is 17.7 Å². The fourth-order valence-corrected chi connectivity index (χ4v) is 5.02. The molecule has 3 amide bonds. The van der Waals surface area contributed by atoms with Crippen molar-refractivity contribution in [3.8, 4) is 0 Å². The van der Waals surface area contributed by atoms with Crippen molar-refractivity contribution in [2.75, 3.05) is 13.1 Å². The molecule has 49 heavy (non-hydrogen) atoms. The van der Waals surface area contributed by atoms with Crippen LogP contribution in [0.25, 0.3) is 0 Å². The first-order chi connectivity index (χ1) is 22.6. The Morgan fingerprint density at radius 1 is 0.694 bits per heavy atom. The highest BCUT2D eigenvalue weighted by Gasteiger charge is 2.53. The lowest BCUT2D eigenvalue weighted by Crippen LogP contribution is -2.48. The van der Waals surface area contributed by atoms with E-state index in [4.69, 9.17) is 23.7 Å². The van der Waals surface area contributed by atoms with Gasteiger partial charge in [-0.1, -0.05) is 12.1 Å². The molecule has 2 aliphatic rings. The summed E-state index contributed by atoms with van der Waals surface area (Å²) in [7, 11) is -1.95. The second-order valence-electron chi connectivity index (χ2n) is 14.2. The topological polar surface area (TPSA) is 162 Å². The van der Waals surface area contributed by atoms with E-state index in [0.717, 1.165) is 12.1 Å². The zero-order chi connectivity index (χ0) is 36.5. The van der Waals surface area contributed by atoms with Crippen LogP contribution in [0.2, 0.25) is 0 Å². The van der Waals surface area contributed by atoms with Crippen LogP contribution >= 0.6 is 0 Å². The second-order valence-corrected chi connectivity index (χ2v) is 14.2. The summed E-state index contributed by atoms with van der Waals surface area (Å²) in [5.74, 6) is -4.73. The molecule has 0 aliphatic carbocycles. The number of benzene rings is 2. The summed E-state index contributed by atoms with van der Waals surface area (Å²) in [5, 5.41) is 16.5. The molecule has 0 saturated carbocycles. The molecule has 4 rings (SSSR count). The van der Waals surface area contributed by atoms with Crippen molar-refractivity contribution >= 4 is 48.9 Å². The fourth-order valence-electron chi connectivity index (χ4n) is 5.02. The van der Waals surface area contributed by atoms with Gasteiger partial charge in [-0.25, -0.2) is 8.78 Å². The number of nitrogens with one attached hydrogen (secondary N) is 3. The molecular weight excluding hydrogens is 642 g/mol. The molecule has 2 saturated heterocycles. The van der Waals surface area contributed by atoms with Crippen molar-refractivity contribution in [3.05, 3.63) is 59.2 Å². The van der Waals surface area contributed by atoms with Crippen LogP contribution in [0, 0.1) is 11.6 Å². The average Bonchev–Trinajstić information content (AvgIpc) is 3.34. The monoisotopic (exact) mass is 685 g/mol. The van der Waals surface area contributed by atoms with Crippen LogP contribution in [-0.2, 0) is 28.2 Å². The number of carboxylic acid groups (broad SMARTS) is 1. The van der Waals surface area contributed by atoms with Crippen LogP contribution < -0.4 is 26.9 Å². The zero-order valence-electron chi connectivity index (χ0n) is 29.0. The Bertz CT molecular complexity index is 1590. The molecule has 16 heteroatoms. The third kappa shape index (κ3) is 8.48. The molecule has 0 bridgehead atoms. The predicted octanol–water partition coefficient (Wildman–Crippen LogP) is 2.07. The highest BCUT2D eigenvalue weighted by molar-refractivity contribution is 6.62. The summed E-state index contributed by atoms with van der Waals surface area (Å²) >= 11 is 0. The van der Waals surface area contributed by atoms with Crippen molar-refractivity contribution in [1.82, 2.24) is 16.0 Å². The van der Waals surface area contributed by atoms with Crippen LogP contribution in [-0.4, -0.2) is 84.6 Å². The summed E-state index contributed by atoms with van der Waals surface area (Å²) in [6, 6.07) is 6.36. The van der Waals surface area contributed by atoms with Crippen LogP contribution in [0.5, 0.6) is 0 Å². The maximum atomic E-state index is 15.2. The molecule has 0 spiro atoms. The highest BCUT2D eigenvalue weighted by atomic mass is 19.1. The number of aliphatic carboxylic acids is 1. The molecule has 2 fully saturated rings. The Kier molecular flexibility index (Phi) is 11.0. The Labute approximate surface area is 285 Å². The molecule has 2 aromatic carbocycles. The van der Waals surface area contributed by atoms with E-state index in [2.05, 4.69) is 16.0 Å². The van der Waals surface area contributed by atoms with Gasteiger partial charge in [-0.2, -0.15) is 0 Å². The number of carbonyl (C=O) groups is 4. The van der Waals surface area contributed by atoms with Gasteiger partial charge in [-0.05, 0) is 86.1 Å². The Morgan fingerprint density at radius 2 is 1.12 bits per heavy atom. The van der Waals surface area contributed by atoms with Gasteiger partial charge < -0.3 is 39.7 Å². The average molecular weight is 685 g/mol. The molecule has 2 heterocycles. The maximum Gasteiger partial charge on any atom is 0.497 e. The van der Waals surface area contributed by atoms with Crippen molar-refractivity contribution in [1.29, 1.82) is 0 Å². The number of amides is 3. The minimum Gasteiger partial charge on any atom is -0.481 e. The van der Waals surface area contributed by atoms with E-state index in [9.17, 15) is 19.2 Å². The van der Waals surface area contributed by atoms with Gasteiger partial charge in [0.25, 0.3) is 11.8 Å². The van der Waals surface area contributed by atoms with Crippen LogP contribution in [0.4, 0.5) is 8.78 Å². The first-order valence-corrected chi connectivity index (χ1v) is 16.0. The zero-order valence-corrected chi connectivity index (χ0v) is 29.0. The number of hydrogen-bond acceptors (Lipinski definition) is 8. The number of halogens is 2. The van der Waals surface area contributed by atoms with Gasteiger partial charge in [0.15, 0.2) is 0 Å². The molecule has 0 unspecified atom stereocenters. The molecular formula is C33H43B2F2N3O9. The first kappa shape index (κ1) is 38.0. The van der Waals surface area contributed by atoms with Gasteiger partial charge in [0.2, 0.25) is 5.91 Å². The summed E-state index contributed by atoms with van der Waals surface area (Å²) < 4.78 is 53.9. The Hall–Kier alpha value is -3.85. The van der Waals surface area contributed by atoms with E-state index >= 15 is 8.78 Å². The third-order valence-electron chi connectivity index (χ3n) is 9.52. The van der Waals surface area contributed by atoms with E-state index in [1.54, 1.807) is 0 Å². The summed E-state index contributed by atoms with van der Waals surface area (Å²) in [6.07, 6.45) is -0.485. The van der Waals surface area contributed by atoms with Crippen molar-refractivity contribution in [2.45, 2.75) is 96.7 Å². The quantitative estimate of drug-likeness (QED) is 0.245. The van der Waals surface area contributed by atoms with Gasteiger partial charge in [-0.15, -0.1) is 0 Å². The minimum absolute atomic E-state index is 0.00169. The van der Waals surface area contributed by atoms with Crippen molar-refractivity contribution < 1.29 is 51.7 Å². The number of rotatable bonds is 12. The third-order valence-corrected chi connectivity index (χ3v) is 9.52. The van der Waals surface area contributed by atoms with E-state index in [-0.39, 0.29) is 48.0 Å². The van der Waals surface area contributed by atoms with Crippen LogP contribution in [0.15, 0.2) is 36.4 Å². The minimum atomic E-state index is -1.24. The van der Waals surface area contributed by atoms with E-state index in [0.29, 0.717) is 0 Å². The lowest BCUT2D eigenvalue weighted by Gasteiger charge is -2.32. The Morgan fingerprint density at radius 3 is 1.53 bits per heavy atom. The van der Waals surface area contributed by atoms with Crippen LogP contribution in [0.1, 0.15) is 88.9 Å². The summed E-state index contributed by atoms with van der Waals surface area (Å²) in [4.78, 5) is 49.9. The smallest absolute Gasteiger partial charge is 0.481 e. The highest BCUT2D eigenvalue weighted by Crippen LogP contribution is 2.37. The van der Waals surface area contributed by atoms with Crippen LogP contribution in [0.3, 0.4) is 0 Å². The van der Waals surface area contributed by atoms with Crippen molar-refractivity contribution in [3.63, 3.8) is 0 Å². The standard InChI is InChI=1S/C33H43B2F2N3O9/c1-30(2)31(3,4)47-34(46-30)21-11-9-19(17-23(21)36)27(43)38-15-13-25(29(45)39-16-14-26(41)42)40-28(44)20-10-12-22(24(37)18-20)35-48-32(5,6)33(7,8)49-35/h9-12,17-18,25H,13-16H2,1-8H3,(H,38,43)(H,39,45)(H,40,44)(H,41,42)/t25-/m1/s1. The molecule has 12 nitrogen and oxygen atoms in total. The van der Waals surface area contributed by atoms with Crippen molar-refractivity contribution in [2.24, 2.45) is 0 Å². The van der Waals surface area contributed by atoms with Gasteiger partial charge in [-0.3, -0.25) is 19.2 Å². The van der Waals surface area contributed by atoms with Gasteiger partial charge in [0, 0.05) is 35.1 Å². The lowest BCUT2D eigenvalue weighted by molar-refractivity contribution is -0.137. The normalized spacial score (nSPS) is 19.3.